The average molecular weight is 396 g/mol. The third kappa shape index (κ3) is 4.95. The van der Waals surface area contributed by atoms with Gasteiger partial charge < -0.3 is 10.1 Å². The van der Waals surface area contributed by atoms with E-state index in [0.29, 0.717) is 12.1 Å². The lowest BCUT2D eigenvalue weighted by molar-refractivity contribution is -0.142. The molecule has 0 radical (unpaired) electrons. The van der Waals surface area contributed by atoms with E-state index in [1.807, 2.05) is 49.4 Å². The molecule has 6 nitrogen and oxygen atoms in total. The van der Waals surface area contributed by atoms with Gasteiger partial charge in [0.15, 0.2) is 0 Å². The van der Waals surface area contributed by atoms with Crippen molar-refractivity contribution >= 4 is 23.2 Å². The minimum Gasteiger partial charge on any atom is -0.462 e. The number of nitrogens with zero attached hydrogens (tertiary/aromatic N) is 1. The van der Waals surface area contributed by atoms with Crippen LogP contribution in [0.3, 0.4) is 0 Å². The lowest BCUT2D eigenvalue weighted by Gasteiger charge is -2.08. The van der Waals surface area contributed by atoms with Gasteiger partial charge in [-0.15, -0.1) is 0 Å². The molecule has 28 heavy (non-hydrogen) atoms. The minimum absolute atomic E-state index is 0.0813. The zero-order chi connectivity index (χ0) is 19.9. The average Bonchev–Trinajstić information content (AvgIpc) is 3.05. The van der Waals surface area contributed by atoms with Crippen molar-refractivity contribution in [3.05, 3.63) is 80.9 Å². The number of benzene rings is 2. The van der Waals surface area contributed by atoms with Crippen molar-refractivity contribution in [1.82, 2.24) is 9.88 Å². The van der Waals surface area contributed by atoms with E-state index in [-0.39, 0.29) is 23.9 Å². The minimum atomic E-state index is -0.546. The number of rotatable bonds is 7. The van der Waals surface area contributed by atoms with Gasteiger partial charge in [-0.3, -0.25) is 19.0 Å². The highest BCUT2D eigenvalue weighted by Crippen LogP contribution is 2.19. The van der Waals surface area contributed by atoms with E-state index in [1.54, 1.807) is 22.1 Å². The van der Waals surface area contributed by atoms with Gasteiger partial charge >= 0.3 is 10.8 Å². The van der Waals surface area contributed by atoms with Crippen molar-refractivity contribution in [2.45, 2.75) is 13.5 Å². The molecule has 0 saturated carbocycles. The summed E-state index contributed by atoms with van der Waals surface area (Å²) in [7, 11) is 0. The number of ether oxygens (including phenoxy) is 1. The molecule has 0 spiro atoms. The number of aromatic nitrogens is 1. The molecule has 0 aliphatic carbocycles. The van der Waals surface area contributed by atoms with Gasteiger partial charge in [0, 0.05) is 16.6 Å². The first-order valence-corrected chi connectivity index (χ1v) is 9.67. The summed E-state index contributed by atoms with van der Waals surface area (Å²) in [6.07, 6.45) is 0. The molecule has 0 aliphatic heterocycles. The van der Waals surface area contributed by atoms with E-state index in [0.717, 1.165) is 28.2 Å². The normalized spacial score (nSPS) is 10.5. The molecule has 0 atom stereocenters. The second kappa shape index (κ2) is 9.14. The first-order chi connectivity index (χ1) is 13.5. The van der Waals surface area contributed by atoms with Crippen molar-refractivity contribution in [1.29, 1.82) is 0 Å². The van der Waals surface area contributed by atoms with Gasteiger partial charge in [0.25, 0.3) is 5.91 Å². The van der Waals surface area contributed by atoms with Gasteiger partial charge in [-0.05, 0) is 30.2 Å². The topological polar surface area (TPSA) is 77.4 Å². The van der Waals surface area contributed by atoms with Crippen LogP contribution in [-0.2, 0) is 16.1 Å². The van der Waals surface area contributed by atoms with Crippen molar-refractivity contribution in [2.24, 2.45) is 0 Å². The second-order valence-electron chi connectivity index (χ2n) is 6.14. The predicted octanol–water partition coefficient (Wildman–Crippen LogP) is 2.86. The van der Waals surface area contributed by atoms with Crippen molar-refractivity contribution < 1.29 is 14.3 Å². The Kier molecular flexibility index (Phi) is 6.39. The fourth-order valence-electron chi connectivity index (χ4n) is 2.68. The highest BCUT2D eigenvalue weighted by molar-refractivity contribution is 7.07. The van der Waals surface area contributed by atoms with Crippen LogP contribution in [0.5, 0.6) is 0 Å². The monoisotopic (exact) mass is 396 g/mol. The maximum absolute atomic E-state index is 12.2. The van der Waals surface area contributed by atoms with E-state index in [2.05, 4.69) is 5.32 Å². The Bertz CT molecular complexity index is 1010. The SMILES string of the molecule is Cc1csc(=O)n1CCOC(=O)CNC(=O)c1ccc(-c2ccccc2)cc1. The van der Waals surface area contributed by atoms with Crippen molar-refractivity contribution in [3.63, 3.8) is 0 Å². The van der Waals surface area contributed by atoms with Crippen LogP contribution in [0.25, 0.3) is 11.1 Å². The fraction of sp³-hybridized carbons (Fsp3) is 0.190. The number of carbonyl (C=O) groups is 2. The summed E-state index contributed by atoms with van der Waals surface area (Å²) in [5.41, 5.74) is 3.37. The lowest BCUT2D eigenvalue weighted by atomic mass is 10.0. The fourth-order valence-corrected chi connectivity index (χ4v) is 3.44. The summed E-state index contributed by atoms with van der Waals surface area (Å²) in [6, 6.07) is 17.0. The van der Waals surface area contributed by atoms with Crippen LogP contribution < -0.4 is 10.2 Å². The van der Waals surface area contributed by atoms with E-state index in [9.17, 15) is 14.4 Å². The Balaban J connectivity index is 1.46. The molecule has 0 unspecified atom stereocenters. The van der Waals surface area contributed by atoms with Crippen LogP contribution in [0, 0.1) is 6.92 Å². The summed E-state index contributed by atoms with van der Waals surface area (Å²) in [5.74, 6) is -0.892. The molecule has 0 bridgehead atoms. The molecule has 1 amide bonds. The first kappa shape index (κ1) is 19.6. The molecule has 1 aromatic heterocycles. The second-order valence-corrected chi connectivity index (χ2v) is 6.96. The number of hydrogen-bond acceptors (Lipinski definition) is 5. The van der Waals surface area contributed by atoms with Crippen LogP contribution in [0.4, 0.5) is 0 Å². The highest BCUT2D eigenvalue weighted by Gasteiger charge is 2.10. The van der Waals surface area contributed by atoms with Crippen molar-refractivity contribution in [2.75, 3.05) is 13.2 Å². The standard InChI is InChI=1S/C21H20N2O4S/c1-15-14-28-21(26)23(15)11-12-27-19(24)13-22-20(25)18-9-7-17(8-10-18)16-5-3-2-4-6-16/h2-10,14H,11-13H2,1H3,(H,22,25). The molecule has 1 N–H and O–H groups in total. The van der Waals surface area contributed by atoms with Gasteiger partial charge in [-0.2, -0.15) is 0 Å². The number of nitrogens with one attached hydrogen (secondary N) is 1. The Morgan fingerprint density at radius 3 is 2.36 bits per heavy atom. The number of carbonyl (C=O) groups excluding carboxylic acids is 2. The predicted molar refractivity (Wildman–Crippen MR) is 108 cm³/mol. The molecule has 7 heteroatoms. The van der Waals surface area contributed by atoms with Crippen LogP contribution in [-0.4, -0.2) is 29.6 Å². The van der Waals surface area contributed by atoms with Gasteiger partial charge in [-0.25, -0.2) is 0 Å². The summed E-state index contributed by atoms with van der Waals surface area (Å²) in [4.78, 5) is 35.5. The molecule has 144 valence electrons. The smallest absolute Gasteiger partial charge is 0.325 e. The first-order valence-electron chi connectivity index (χ1n) is 8.79. The number of amides is 1. The third-order valence-corrected chi connectivity index (χ3v) is 5.08. The molecule has 0 saturated heterocycles. The van der Waals surface area contributed by atoms with E-state index >= 15 is 0 Å². The van der Waals surface area contributed by atoms with Crippen LogP contribution in [0.15, 0.2) is 64.8 Å². The van der Waals surface area contributed by atoms with Crippen LogP contribution >= 0.6 is 11.3 Å². The Labute approximate surface area is 166 Å². The largest absolute Gasteiger partial charge is 0.462 e. The quantitative estimate of drug-likeness (QED) is 0.623. The van der Waals surface area contributed by atoms with Gasteiger partial charge in [0.05, 0.1) is 6.54 Å². The van der Waals surface area contributed by atoms with Gasteiger partial charge in [0.2, 0.25) is 0 Å². The van der Waals surface area contributed by atoms with Gasteiger partial charge in [-0.1, -0.05) is 53.8 Å². The maximum atomic E-state index is 12.2. The summed E-state index contributed by atoms with van der Waals surface area (Å²) in [5, 5.41) is 4.30. The van der Waals surface area contributed by atoms with Crippen molar-refractivity contribution in [3.8, 4) is 11.1 Å². The number of esters is 1. The van der Waals surface area contributed by atoms with E-state index < -0.39 is 5.97 Å². The molecule has 3 rings (SSSR count). The lowest BCUT2D eigenvalue weighted by Crippen LogP contribution is -2.31. The molecule has 2 aromatic carbocycles. The van der Waals surface area contributed by atoms with Crippen LogP contribution in [0.1, 0.15) is 16.1 Å². The van der Waals surface area contributed by atoms with E-state index in [1.165, 1.54) is 0 Å². The van der Waals surface area contributed by atoms with E-state index in [4.69, 9.17) is 4.74 Å². The highest BCUT2D eigenvalue weighted by atomic mass is 32.1. The number of aryl methyl sites for hydroxylation is 1. The summed E-state index contributed by atoms with van der Waals surface area (Å²) >= 11 is 1.11. The Hall–Kier alpha value is -3.19. The summed E-state index contributed by atoms with van der Waals surface area (Å²) in [6.45, 7) is 1.98. The molecule has 1 heterocycles. The zero-order valence-electron chi connectivity index (χ0n) is 15.4. The third-order valence-electron chi connectivity index (χ3n) is 4.20. The molecular weight excluding hydrogens is 376 g/mol. The molecular formula is C21H20N2O4S. The zero-order valence-corrected chi connectivity index (χ0v) is 16.2. The van der Waals surface area contributed by atoms with Crippen LogP contribution in [0.2, 0.25) is 0 Å². The maximum Gasteiger partial charge on any atom is 0.325 e. The Morgan fingerprint density at radius 2 is 1.71 bits per heavy atom. The number of thiazole rings is 1. The molecule has 0 fully saturated rings. The molecule has 0 aliphatic rings. The van der Waals surface area contributed by atoms with Gasteiger partial charge in [0.1, 0.15) is 13.2 Å². The number of hydrogen-bond donors (Lipinski definition) is 1. The molecule has 3 aromatic rings. The summed E-state index contributed by atoms with van der Waals surface area (Å²) < 4.78 is 6.63. The Morgan fingerprint density at radius 1 is 1.04 bits per heavy atom.